The summed E-state index contributed by atoms with van der Waals surface area (Å²) in [6.45, 7) is 6.65. The molecular formula is C32H32F4N6O2S. The van der Waals surface area contributed by atoms with E-state index in [1.165, 1.54) is 53.1 Å². The van der Waals surface area contributed by atoms with Gasteiger partial charge in [0.05, 0.1) is 5.69 Å². The van der Waals surface area contributed by atoms with Gasteiger partial charge in [-0.2, -0.15) is 4.99 Å². The molecule has 1 aliphatic rings. The van der Waals surface area contributed by atoms with Crippen molar-refractivity contribution in [1.29, 1.82) is 0 Å². The molecule has 1 aliphatic heterocycles. The van der Waals surface area contributed by atoms with Crippen LogP contribution >= 0.6 is 11.8 Å². The van der Waals surface area contributed by atoms with Crippen LogP contribution in [0.15, 0.2) is 78.0 Å². The van der Waals surface area contributed by atoms with Crippen molar-refractivity contribution in [3.8, 4) is 22.8 Å². The highest BCUT2D eigenvalue weighted by Gasteiger charge is 2.31. The topological polar surface area (TPSA) is 84.6 Å². The van der Waals surface area contributed by atoms with Gasteiger partial charge in [-0.25, -0.2) is 18.9 Å². The van der Waals surface area contributed by atoms with Crippen LogP contribution in [0.1, 0.15) is 44.2 Å². The Hall–Kier alpha value is -4.39. The molecule has 1 N–H and O–H groups in total. The predicted octanol–water partition coefficient (Wildman–Crippen LogP) is 7.74. The number of alkyl halides is 3. The molecule has 2 heterocycles. The van der Waals surface area contributed by atoms with Gasteiger partial charge < -0.3 is 15.0 Å². The average Bonchev–Trinajstić information content (AvgIpc) is 3.66. The van der Waals surface area contributed by atoms with Crippen LogP contribution in [-0.4, -0.2) is 50.7 Å². The normalized spacial score (nSPS) is 15.1. The van der Waals surface area contributed by atoms with E-state index >= 15 is 0 Å². The van der Waals surface area contributed by atoms with E-state index in [0.29, 0.717) is 29.6 Å². The lowest BCUT2D eigenvalue weighted by molar-refractivity contribution is -0.274. The molecule has 45 heavy (non-hydrogen) atoms. The number of carbonyl (C=O) groups excluding carboxylic acids is 1. The van der Waals surface area contributed by atoms with E-state index in [1.54, 1.807) is 12.1 Å². The van der Waals surface area contributed by atoms with E-state index in [0.717, 1.165) is 34.6 Å². The van der Waals surface area contributed by atoms with Crippen LogP contribution in [0, 0.1) is 5.82 Å². The number of rotatable bonds is 9. The number of ether oxygens (including phenoxy) is 1. The fourth-order valence-electron chi connectivity index (χ4n) is 4.88. The van der Waals surface area contributed by atoms with E-state index in [1.807, 2.05) is 49.9 Å². The van der Waals surface area contributed by atoms with Gasteiger partial charge in [0.25, 0.3) is 0 Å². The Morgan fingerprint density at radius 2 is 1.80 bits per heavy atom. The third-order valence-electron chi connectivity index (χ3n) is 7.15. The van der Waals surface area contributed by atoms with Crippen LogP contribution < -0.4 is 15.0 Å². The molecule has 1 fully saturated rings. The standard InChI is InChI=1S/C32H32F4N6O2S/c1-20(2)27-18-24(33)10-15-28(27)41-16-17-45-31(41)39-30(43)38-21(3)4-5-22-6-8-23(9-7-22)29-37-19-42(40-29)25-11-13-26(14-12-25)44-32(34,35)36/h6-15,18-21H,4-5,16-17H2,1-3H3,(H,38,43). The highest BCUT2D eigenvalue weighted by Crippen LogP contribution is 2.33. The van der Waals surface area contributed by atoms with Gasteiger partial charge in [0.2, 0.25) is 0 Å². The summed E-state index contributed by atoms with van der Waals surface area (Å²) in [6, 6.07) is 17.3. The third kappa shape index (κ3) is 8.41. The number of hydrogen-bond acceptors (Lipinski definition) is 5. The number of aromatic nitrogens is 3. The molecule has 1 atom stereocenters. The summed E-state index contributed by atoms with van der Waals surface area (Å²) >= 11 is 1.50. The molecule has 13 heteroatoms. The number of nitrogens with zero attached hydrogens (tertiary/aromatic N) is 5. The maximum absolute atomic E-state index is 13.9. The van der Waals surface area contributed by atoms with Crippen molar-refractivity contribution in [2.45, 2.75) is 51.9 Å². The van der Waals surface area contributed by atoms with Gasteiger partial charge in [0.15, 0.2) is 11.0 Å². The molecule has 1 aromatic heterocycles. The molecule has 0 radical (unpaired) electrons. The Labute approximate surface area is 262 Å². The van der Waals surface area contributed by atoms with Crippen molar-refractivity contribution in [3.05, 3.63) is 90.0 Å². The van der Waals surface area contributed by atoms with Gasteiger partial charge >= 0.3 is 12.4 Å². The van der Waals surface area contributed by atoms with Crippen LogP contribution in [-0.2, 0) is 6.42 Å². The molecule has 0 spiro atoms. The average molecular weight is 641 g/mol. The van der Waals surface area contributed by atoms with Gasteiger partial charge in [-0.3, -0.25) is 0 Å². The zero-order valence-electron chi connectivity index (χ0n) is 24.9. The Morgan fingerprint density at radius 3 is 2.49 bits per heavy atom. The summed E-state index contributed by atoms with van der Waals surface area (Å²) in [6.07, 6.45) is -1.84. The minimum atomic E-state index is -4.75. The number of nitrogens with one attached hydrogen (secondary N) is 1. The molecule has 3 aromatic carbocycles. The second kappa shape index (κ2) is 13.7. The molecule has 236 valence electrons. The lowest BCUT2D eigenvalue weighted by Crippen LogP contribution is -2.33. The van der Waals surface area contributed by atoms with Crippen molar-refractivity contribution in [3.63, 3.8) is 0 Å². The first-order valence-corrected chi connectivity index (χ1v) is 15.4. The molecule has 4 aromatic rings. The summed E-state index contributed by atoms with van der Waals surface area (Å²) < 4.78 is 56.5. The zero-order valence-corrected chi connectivity index (χ0v) is 25.7. The molecule has 0 aliphatic carbocycles. The minimum Gasteiger partial charge on any atom is -0.406 e. The van der Waals surface area contributed by atoms with Gasteiger partial charge in [-0.1, -0.05) is 49.9 Å². The monoisotopic (exact) mass is 640 g/mol. The number of aliphatic imine (C=N–C) groups is 1. The fourth-order valence-corrected chi connectivity index (χ4v) is 5.83. The smallest absolute Gasteiger partial charge is 0.406 e. The van der Waals surface area contributed by atoms with Gasteiger partial charge in [-0.05, 0) is 79.3 Å². The van der Waals surface area contributed by atoms with E-state index in [-0.39, 0.29) is 23.5 Å². The van der Waals surface area contributed by atoms with Crippen LogP contribution in [0.2, 0.25) is 0 Å². The summed E-state index contributed by atoms with van der Waals surface area (Å²) in [4.78, 5) is 23.4. The Balaban J connectivity index is 1.14. The van der Waals surface area contributed by atoms with Crippen LogP contribution in [0.3, 0.4) is 0 Å². The SMILES string of the molecule is CC(CCc1ccc(-c2ncn(-c3ccc(OC(F)(F)F)cc3)n2)cc1)NC(=O)N=C1SCCN1c1ccc(F)cc1C(C)C. The van der Waals surface area contributed by atoms with Crippen molar-refractivity contribution in [1.82, 2.24) is 20.1 Å². The maximum Gasteiger partial charge on any atom is 0.573 e. The Kier molecular flexibility index (Phi) is 9.76. The van der Waals surface area contributed by atoms with E-state index in [4.69, 9.17) is 0 Å². The number of urea groups is 1. The molecule has 8 nitrogen and oxygen atoms in total. The Morgan fingerprint density at radius 1 is 1.07 bits per heavy atom. The first-order chi connectivity index (χ1) is 21.4. The number of benzene rings is 3. The number of carbonyl (C=O) groups is 1. The second-order valence-electron chi connectivity index (χ2n) is 10.9. The number of amidine groups is 1. The van der Waals surface area contributed by atoms with Gasteiger partial charge in [0, 0.05) is 29.6 Å². The zero-order chi connectivity index (χ0) is 32.1. The number of aryl methyl sites for hydroxylation is 1. The van der Waals surface area contributed by atoms with E-state index in [2.05, 4.69) is 25.1 Å². The molecule has 0 bridgehead atoms. The molecule has 5 rings (SSSR count). The highest BCUT2D eigenvalue weighted by atomic mass is 32.2. The number of hydrogen-bond donors (Lipinski definition) is 1. The van der Waals surface area contributed by atoms with Crippen LogP contribution in [0.25, 0.3) is 17.1 Å². The minimum absolute atomic E-state index is 0.121. The van der Waals surface area contributed by atoms with Crippen LogP contribution in [0.5, 0.6) is 5.75 Å². The summed E-state index contributed by atoms with van der Waals surface area (Å²) in [5.74, 6) is 0.779. The lowest BCUT2D eigenvalue weighted by atomic mass is 10.0. The predicted molar refractivity (Wildman–Crippen MR) is 168 cm³/mol. The van der Waals surface area contributed by atoms with Crippen molar-refractivity contribution >= 4 is 28.6 Å². The number of anilines is 1. The highest BCUT2D eigenvalue weighted by molar-refractivity contribution is 8.14. The quantitative estimate of drug-likeness (QED) is 0.189. The maximum atomic E-state index is 13.9. The van der Waals surface area contributed by atoms with Gasteiger partial charge in [-0.15, -0.1) is 18.3 Å². The molecule has 0 saturated carbocycles. The largest absolute Gasteiger partial charge is 0.573 e. The second-order valence-corrected chi connectivity index (χ2v) is 12.0. The van der Waals surface area contributed by atoms with Crippen molar-refractivity contribution < 1.29 is 27.1 Å². The van der Waals surface area contributed by atoms with E-state index < -0.39 is 12.4 Å². The molecular weight excluding hydrogens is 608 g/mol. The molecule has 1 saturated heterocycles. The van der Waals surface area contributed by atoms with Crippen LogP contribution in [0.4, 0.5) is 28.0 Å². The third-order valence-corrected chi connectivity index (χ3v) is 8.11. The van der Waals surface area contributed by atoms with Gasteiger partial charge in [0.1, 0.15) is 17.9 Å². The lowest BCUT2D eigenvalue weighted by Gasteiger charge is -2.23. The summed E-state index contributed by atoms with van der Waals surface area (Å²) in [5, 5.41) is 7.99. The number of halogens is 4. The first kappa shape index (κ1) is 32.0. The molecule has 1 unspecified atom stereocenters. The Bertz CT molecular complexity index is 1660. The summed E-state index contributed by atoms with van der Waals surface area (Å²) in [5.41, 5.74) is 4.14. The van der Waals surface area contributed by atoms with Crippen molar-refractivity contribution in [2.75, 3.05) is 17.2 Å². The molecule has 2 amide bonds. The van der Waals surface area contributed by atoms with Crippen molar-refractivity contribution in [2.24, 2.45) is 4.99 Å². The fraction of sp³-hybridized carbons (Fsp3) is 0.312. The first-order valence-electron chi connectivity index (χ1n) is 14.4. The number of thioether (sulfide) groups is 1. The van der Waals surface area contributed by atoms with E-state index in [9.17, 15) is 22.4 Å². The summed E-state index contributed by atoms with van der Waals surface area (Å²) in [7, 11) is 0. The number of amides is 2.